The van der Waals surface area contributed by atoms with Crippen LogP contribution in [0.25, 0.3) is 10.9 Å². The quantitative estimate of drug-likeness (QED) is 0.650. The summed E-state index contributed by atoms with van der Waals surface area (Å²) in [5, 5.41) is 0.689. The van der Waals surface area contributed by atoms with E-state index in [1.54, 1.807) is 0 Å². The maximum absolute atomic E-state index is 6.11. The molecule has 1 heterocycles. The lowest BCUT2D eigenvalue weighted by Crippen LogP contribution is -2.07. The Morgan fingerprint density at radius 2 is 1.82 bits per heavy atom. The second-order valence-electron chi connectivity index (χ2n) is 4.90. The molecule has 112 valence electrons. The predicted molar refractivity (Wildman–Crippen MR) is 96.6 cm³/mol. The zero-order valence-corrected chi connectivity index (χ0v) is 14.1. The van der Waals surface area contributed by atoms with Crippen molar-refractivity contribution in [3.05, 3.63) is 51.6 Å². The largest absolute Gasteiger partial charge is 0.485 e. The number of halogens is 1. The van der Waals surface area contributed by atoms with Gasteiger partial charge in [0.2, 0.25) is 5.95 Å². The van der Waals surface area contributed by atoms with Gasteiger partial charge in [-0.25, -0.2) is 4.98 Å². The van der Waals surface area contributed by atoms with Gasteiger partial charge in [-0.05, 0) is 47.7 Å². The molecule has 0 aliphatic carbocycles. The zero-order valence-electron chi connectivity index (χ0n) is 12.0. The first kappa shape index (κ1) is 14.8. The molecule has 1 aromatic heterocycles. The van der Waals surface area contributed by atoms with Crippen LogP contribution in [0.3, 0.4) is 0 Å². The molecular formula is C16H15IN4O. The van der Waals surface area contributed by atoms with Crippen LogP contribution in [0.4, 0.5) is 11.8 Å². The summed E-state index contributed by atoms with van der Waals surface area (Å²) in [5.41, 5.74) is 13.4. The van der Waals surface area contributed by atoms with E-state index < -0.39 is 0 Å². The number of anilines is 2. The molecule has 0 aliphatic heterocycles. The van der Waals surface area contributed by atoms with E-state index in [-0.39, 0.29) is 12.1 Å². The zero-order chi connectivity index (χ0) is 15.7. The number of aromatic nitrogens is 2. The van der Waals surface area contributed by atoms with E-state index in [9.17, 15) is 0 Å². The maximum Gasteiger partial charge on any atom is 0.222 e. The number of benzene rings is 2. The summed E-state index contributed by atoms with van der Waals surface area (Å²) >= 11 is 2.30. The van der Waals surface area contributed by atoms with Crippen molar-refractivity contribution in [2.75, 3.05) is 11.5 Å². The summed E-state index contributed by atoms with van der Waals surface area (Å²) in [5.74, 6) is 1.14. The number of rotatable bonds is 3. The fraction of sp³-hybridized carbons (Fsp3) is 0.125. The van der Waals surface area contributed by atoms with Crippen LogP contribution in [-0.2, 0) is 0 Å². The van der Waals surface area contributed by atoms with Crippen molar-refractivity contribution < 1.29 is 4.74 Å². The van der Waals surface area contributed by atoms with Gasteiger partial charge < -0.3 is 16.2 Å². The first-order valence-electron chi connectivity index (χ1n) is 6.79. The van der Waals surface area contributed by atoms with Gasteiger partial charge in [0.1, 0.15) is 17.7 Å². The molecule has 0 amide bonds. The highest BCUT2D eigenvalue weighted by atomic mass is 127. The van der Waals surface area contributed by atoms with Gasteiger partial charge in [0.15, 0.2) is 0 Å². The highest BCUT2D eigenvalue weighted by molar-refractivity contribution is 14.1. The molecular weight excluding hydrogens is 391 g/mol. The second-order valence-corrected chi connectivity index (χ2v) is 6.06. The third-order valence-corrected chi connectivity index (χ3v) is 4.36. The lowest BCUT2D eigenvalue weighted by molar-refractivity contribution is 0.229. The van der Waals surface area contributed by atoms with Crippen molar-refractivity contribution in [1.29, 1.82) is 0 Å². The van der Waals surface area contributed by atoms with E-state index in [2.05, 4.69) is 44.7 Å². The highest BCUT2D eigenvalue weighted by Gasteiger charge is 2.15. The monoisotopic (exact) mass is 406 g/mol. The molecule has 6 heteroatoms. The number of hydrogen-bond acceptors (Lipinski definition) is 5. The van der Waals surface area contributed by atoms with Gasteiger partial charge >= 0.3 is 0 Å². The Morgan fingerprint density at radius 3 is 2.59 bits per heavy atom. The van der Waals surface area contributed by atoms with E-state index in [1.165, 1.54) is 0 Å². The summed E-state index contributed by atoms with van der Waals surface area (Å²) < 4.78 is 7.26. The van der Waals surface area contributed by atoms with Gasteiger partial charge in [0.25, 0.3) is 0 Å². The van der Waals surface area contributed by atoms with Crippen LogP contribution in [-0.4, -0.2) is 9.97 Å². The van der Waals surface area contributed by atoms with E-state index in [1.807, 2.05) is 37.3 Å². The molecule has 0 fully saturated rings. The molecule has 0 unspecified atom stereocenters. The van der Waals surface area contributed by atoms with Crippen molar-refractivity contribution >= 4 is 45.3 Å². The normalized spacial score (nSPS) is 12.3. The van der Waals surface area contributed by atoms with Gasteiger partial charge in [-0.1, -0.05) is 24.3 Å². The number of nitrogens with two attached hydrogens (primary N) is 2. The predicted octanol–water partition coefficient (Wildman–Crippen LogP) is 3.54. The van der Waals surface area contributed by atoms with Crippen molar-refractivity contribution in [1.82, 2.24) is 9.97 Å². The van der Waals surface area contributed by atoms with E-state index >= 15 is 0 Å². The molecule has 1 atom stereocenters. The van der Waals surface area contributed by atoms with E-state index in [0.29, 0.717) is 22.5 Å². The lowest BCUT2D eigenvalue weighted by atomic mass is 10.1. The van der Waals surface area contributed by atoms with Crippen molar-refractivity contribution in [2.24, 2.45) is 0 Å². The van der Waals surface area contributed by atoms with E-state index in [0.717, 1.165) is 9.13 Å². The van der Waals surface area contributed by atoms with E-state index in [4.69, 9.17) is 16.2 Å². The van der Waals surface area contributed by atoms with Gasteiger partial charge in [0, 0.05) is 9.13 Å². The fourth-order valence-corrected chi connectivity index (χ4v) is 3.18. The molecule has 0 saturated heterocycles. The highest BCUT2D eigenvalue weighted by Crippen LogP contribution is 2.33. The van der Waals surface area contributed by atoms with Crippen molar-refractivity contribution in [2.45, 2.75) is 13.0 Å². The number of nitrogen functional groups attached to an aromatic ring is 2. The number of nitrogens with zero attached hydrogens (tertiary/aromatic N) is 2. The molecule has 3 rings (SSSR count). The summed E-state index contributed by atoms with van der Waals surface area (Å²) in [7, 11) is 0. The van der Waals surface area contributed by atoms with Crippen LogP contribution >= 0.6 is 22.6 Å². The summed E-state index contributed by atoms with van der Waals surface area (Å²) in [6.07, 6.45) is -0.115. The van der Waals surface area contributed by atoms with Crippen molar-refractivity contribution in [3.63, 3.8) is 0 Å². The minimum atomic E-state index is -0.115. The molecule has 2 aromatic carbocycles. The third kappa shape index (κ3) is 2.78. The van der Waals surface area contributed by atoms with Crippen LogP contribution in [0.2, 0.25) is 0 Å². The van der Waals surface area contributed by atoms with Crippen LogP contribution in [0.5, 0.6) is 5.75 Å². The smallest absolute Gasteiger partial charge is 0.222 e. The Balaban J connectivity index is 2.03. The standard InChI is InChI=1S/C16H15IN4O/c1-9(10-5-2-3-6-11(10)17)22-13-8-4-7-12-14(13)15(18)21-16(19)20-12/h2-9H,1H3,(H4,18,19,20,21)/t9-/m1/s1. The Morgan fingerprint density at radius 1 is 1.05 bits per heavy atom. The average molecular weight is 406 g/mol. The van der Waals surface area contributed by atoms with Gasteiger partial charge in [-0.2, -0.15) is 4.98 Å². The molecule has 4 N–H and O–H groups in total. The van der Waals surface area contributed by atoms with Crippen LogP contribution in [0, 0.1) is 3.57 Å². The molecule has 22 heavy (non-hydrogen) atoms. The molecule has 3 aromatic rings. The molecule has 0 saturated carbocycles. The second kappa shape index (κ2) is 5.96. The van der Waals surface area contributed by atoms with Crippen molar-refractivity contribution in [3.8, 4) is 5.75 Å². The number of fused-ring (bicyclic) bond motifs is 1. The molecule has 0 radical (unpaired) electrons. The summed E-state index contributed by atoms with van der Waals surface area (Å²) in [6.45, 7) is 2.00. The van der Waals surface area contributed by atoms with Gasteiger partial charge in [-0.15, -0.1) is 0 Å². The number of ether oxygens (including phenoxy) is 1. The molecule has 0 bridgehead atoms. The topological polar surface area (TPSA) is 87.0 Å². The summed E-state index contributed by atoms with van der Waals surface area (Å²) in [4.78, 5) is 8.22. The van der Waals surface area contributed by atoms with Crippen LogP contribution in [0.1, 0.15) is 18.6 Å². The third-order valence-electron chi connectivity index (χ3n) is 3.38. The van der Waals surface area contributed by atoms with Gasteiger partial charge in [0.05, 0.1) is 10.9 Å². The average Bonchev–Trinajstić information content (AvgIpc) is 2.47. The first-order valence-corrected chi connectivity index (χ1v) is 7.87. The first-order chi connectivity index (χ1) is 10.6. The maximum atomic E-state index is 6.11. The Bertz CT molecular complexity index is 837. The molecule has 5 nitrogen and oxygen atoms in total. The van der Waals surface area contributed by atoms with Crippen LogP contribution in [0.15, 0.2) is 42.5 Å². The van der Waals surface area contributed by atoms with Gasteiger partial charge in [-0.3, -0.25) is 0 Å². The Hall–Kier alpha value is -2.09. The number of hydrogen-bond donors (Lipinski definition) is 2. The minimum Gasteiger partial charge on any atom is -0.485 e. The SMILES string of the molecule is C[C@@H](Oc1cccc2nc(N)nc(N)c12)c1ccccc1I. The molecule has 0 aliphatic rings. The molecule has 0 spiro atoms. The fourth-order valence-electron chi connectivity index (χ4n) is 2.35. The Kier molecular flexibility index (Phi) is 4.02. The van der Waals surface area contributed by atoms with Crippen LogP contribution < -0.4 is 16.2 Å². The Labute approximate surface area is 141 Å². The minimum absolute atomic E-state index is 0.115. The summed E-state index contributed by atoms with van der Waals surface area (Å²) in [6, 6.07) is 13.7. The lowest BCUT2D eigenvalue weighted by Gasteiger charge is -2.18.